The lowest BCUT2D eigenvalue weighted by atomic mass is 10.3. The fraction of sp³-hybridized carbons (Fsp3) is 0.125. The van der Waals surface area contributed by atoms with Crippen LogP contribution in [0.25, 0.3) is 16.8 Å². The van der Waals surface area contributed by atoms with Gasteiger partial charge in [-0.1, -0.05) is 23.9 Å². The molecule has 0 aliphatic carbocycles. The average Bonchev–Trinajstić information content (AvgIpc) is 3.13. The number of ether oxygens (including phenoxy) is 1. The van der Waals surface area contributed by atoms with Crippen molar-refractivity contribution in [1.82, 2.24) is 19.6 Å². The van der Waals surface area contributed by atoms with Gasteiger partial charge in [0.05, 0.1) is 17.6 Å². The van der Waals surface area contributed by atoms with Crippen LogP contribution in [0.4, 0.5) is 4.39 Å². The number of halogens is 1. The van der Waals surface area contributed by atoms with Crippen LogP contribution >= 0.6 is 11.8 Å². The summed E-state index contributed by atoms with van der Waals surface area (Å²) in [4.78, 5) is 4.48. The van der Waals surface area contributed by atoms with Crippen molar-refractivity contribution < 1.29 is 9.13 Å². The Morgan fingerprint density at radius 2 is 1.96 bits per heavy atom. The molecule has 0 aliphatic rings. The number of fused-ring (bicyclic) bond motifs is 3. The SMILES string of the molecule is Fc1ccc(OCCSc2n[nH]c3nc4ccccc4n23)cc1. The van der Waals surface area contributed by atoms with E-state index >= 15 is 0 Å². The predicted molar refractivity (Wildman–Crippen MR) is 87.5 cm³/mol. The van der Waals surface area contributed by atoms with Gasteiger partial charge in [0.25, 0.3) is 0 Å². The molecule has 0 aliphatic heterocycles. The molecule has 0 atom stereocenters. The summed E-state index contributed by atoms with van der Waals surface area (Å²) in [7, 11) is 0. The molecule has 23 heavy (non-hydrogen) atoms. The number of rotatable bonds is 5. The van der Waals surface area contributed by atoms with Gasteiger partial charge >= 0.3 is 0 Å². The molecule has 0 saturated heterocycles. The lowest BCUT2D eigenvalue weighted by molar-refractivity contribution is 0.343. The van der Waals surface area contributed by atoms with Crippen molar-refractivity contribution in [1.29, 1.82) is 0 Å². The highest BCUT2D eigenvalue weighted by Crippen LogP contribution is 2.22. The Labute approximate surface area is 135 Å². The Morgan fingerprint density at radius 3 is 2.83 bits per heavy atom. The van der Waals surface area contributed by atoms with Crippen LogP contribution in [0, 0.1) is 5.82 Å². The maximum atomic E-state index is 12.8. The molecule has 5 nitrogen and oxygen atoms in total. The van der Waals surface area contributed by atoms with Crippen LogP contribution in [-0.4, -0.2) is 31.9 Å². The number of aromatic nitrogens is 4. The zero-order valence-corrected chi connectivity index (χ0v) is 12.9. The molecule has 116 valence electrons. The smallest absolute Gasteiger partial charge is 0.231 e. The van der Waals surface area contributed by atoms with E-state index in [0.717, 1.165) is 27.7 Å². The van der Waals surface area contributed by atoms with Crippen molar-refractivity contribution >= 4 is 28.6 Å². The minimum atomic E-state index is -0.266. The van der Waals surface area contributed by atoms with Crippen molar-refractivity contribution in [3.63, 3.8) is 0 Å². The third-order valence-corrected chi connectivity index (χ3v) is 4.30. The van der Waals surface area contributed by atoms with Crippen molar-refractivity contribution in [3.8, 4) is 5.75 Å². The lowest BCUT2D eigenvalue weighted by Crippen LogP contribution is -2.01. The number of aromatic amines is 1. The van der Waals surface area contributed by atoms with Crippen LogP contribution in [0.1, 0.15) is 0 Å². The van der Waals surface area contributed by atoms with Gasteiger partial charge in [0.2, 0.25) is 5.78 Å². The summed E-state index contributed by atoms with van der Waals surface area (Å²) in [5.74, 6) is 1.85. The van der Waals surface area contributed by atoms with Gasteiger partial charge in [0, 0.05) is 5.75 Å². The van der Waals surface area contributed by atoms with Crippen molar-refractivity contribution in [2.75, 3.05) is 12.4 Å². The Morgan fingerprint density at radius 1 is 1.13 bits per heavy atom. The molecule has 0 fully saturated rings. The summed E-state index contributed by atoms with van der Waals surface area (Å²) in [6, 6.07) is 14.0. The third-order valence-electron chi connectivity index (χ3n) is 3.40. The van der Waals surface area contributed by atoms with Gasteiger partial charge in [-0.15, -0.1) is 5.10 Å². The van der Waals surface area contributed by atoms with E-state index in [1.54, 1.807) is 23.9 Å². The molecule has 0 saturated carbocycles. The largest absolute Gasteiger partial charge is 0.493 e. The number of H-pyrrole nitrogens is 1. The first-order valence-electron chi connectivity index (χ1n) is 7.14. The second kappa shape index (κ2) is 5.92. The summed E-state index contributed by atoms with van der Waals surface area (Å²) in [6.45, 7) is 0.511. The summed E-state index contributed by atoms with van der Waals surface area (Å²) in [5.41, 5.74) is 1.96. The maximum absolute atomic E-state index is 12.8. The summed E-state index contributed by atoms with van der Waals surface area (Å²) in [6.07, 6.45) is 0. The van der Waals surface area contributed by atoms with Gasteiger partial charge in [0.1, 0.15) is 11.6 Å². The number of nitrogens with zero attached hydrogens (tertiary/aromatic N) is 3. The topological polar surface area (TPSA) is 55.2 Å². The van der Waals surface area contributed by atoms with E-state index in [1.807, 2.05) is 28.7 Å². The van der Waals surface area contributed by atoms with Gasteiger partial charge in [-0.3, -0.25) is 4.40 Å². The second-order valence-electron chi connectivity index (χ2n) is 4.92. The van der Waals surface area contributed by atoms with Crippen molar-refractivity contribution in [3.05, 3.63) is 54.3 Å². The van der Waals surface area contributed by atoms with Gasteiger partial charge in [-0.2, -0.15) is 0 Å². The normalized spacial score (nSPS) is 11.3. The minimum absolute atomic E-state index is 0.266. The first-order chi connectivity index (χ1) is 11.3. The second-order valence-corrected chi connectivity index (χ2v) is 5.98. The predicted octanol–water partition coefficient (Wildman–Crippen LogP) is 3.52. The van der Waals surface area contributed by atoms with E-state index in [2.05, 4.69) is 15.2 Å². The van der Waals surface area contributed by atoms with E-state index in [1.165, 1.54) is 12.1 Å². The van der Waals surface area contributed by atoms with Crippen LogP contribution in [0.3, 0.4) is 0 Å². The van der Waals surface area contributed by atoms with Gasteiger partial charge < -0.3 is 4.74 Å². The highest BCUT2D eigenvalue weighted by Gasteiger charge is 2.11. The zero-order chi connectivity index (χ0) is 15.6. The van der Waals surface area contributed by atoms with E-state index < -0.39 is 0 Å². The molecule has 4 aromatic rings. The molecule has 2 aromatic heterocycles. The molecular formula is C16H13FN4OS. The fourth-order valence-corrected chi connectivity index (χ4v) is 3.14. The molecule has 4 rings (SSSR count). The molecule has 0 spiro atoms. The van der Waals surface area contributed by atoms with Crippen LogP contribution in [0.5, 0.6) is 5.75 Å². The number of benzene rings is 2. The van der Waals surface area contributed by atoms with Gasteiger partial charge in [-0.25, -0.2) is 14.5 Å². The number of hydrogen-bond donors (Lipinski definition) is 1. The van der Waals surface area contributed by atoms with Crippen LogP contribution < -0.4 is 4.74 Å². The number of nitrogens with one attached hydrogen (secondary N) is 1. The summed E-state index contributed by atoms with van der Waals surface area (Å²) in [5, 5.41) is 8.08. The number of imidazole rings is 1. The maximum Gasteiger partial charge on any atom is 0.231 e. The molecule has 0 amide bonds. The van der Waals surface area contributed by atoms with Gasteiger partial charge in [-0.05, 0) is 36.4 Å². The Kier molecular flexibility index (Phi) is 3.63. The zero-order valence-electron chi connectivity index (χ0n) is 12.1. The molecule has 2 aromatic carbocycles. The van der Waals surface area contributed by atoms with Crippen LogP contribution in [0.2, 0.25) is 0 Å². The van der Waals surface area contributed by atoms with Gasteiger partial charge in [0.15, 0.2) is 5.16 Å². The number of para-hydroxylation sites is 2. The van der Waals surface area contributed by atoms with Crippen molar-refractivity contribution in [2.24, 2.45) is 0 Å². The Balaban J connectivity index is 1.45. The lowest BCUT2D eigenvalue weighted by Gasteiger charge is -2.05. The first kappa shape index (κ1) is 14.1. The monoisotopic (exact) mass is 328 g/mol. The van der Waals surface area contributed by atoms with Crippen molar-refractivity contribution in [2.45, 2.75) is 5.16 Å². The molecule has 0 unspecified atom stereocenters. The highest BCUT2D eigenvalue weighted by atomic mass is 32.2. The number of hydrogen-bond acceptors (Lipinski definition) is 4. The molecule has 1 N–H and O–H groups in total. The number of thioether (sulfide) groups is 1. The van der Waals surface area contributed by atoms with Crippen LogP contribution in [0.15, 0.2) is 53.7 Å². The highest BCUT2D eigenvalue weighted by molar-refractivity contribution is 7.99. The third kappa shape index (κ3) is 2.75. The quantitative estimate of drug-likeness (QED) is 0.450. The molecular weight excluding hydrogens is 315 g/mol. The Bertz CT molecular complexity index is 948. The molecule has 2 heterocycles. The fourth-order valence-electron chi connectivity index (χ4n) is 2.36. The van der Waals surface area contributed by atoms with E-state index in [0.29, 0.717) is 12.4 Å². The first-order valence-corrected chi connectivity index (χ1v) is 8.12. The summed E-state index contributed by atoms with van der Waals surface area (Å²) >= 11 is 1.58. The molecule has 0 radical (unpaired) electrons. The van der Waals surface area contributed by atoms with Crippen LogP contribution in [-0.2, 0) is 0 Å². The molecule has 0 bridgehead atoms. The van der Waals surface area contributed by atoms with E-state index in [-0.39, 0.29) is 5.82 Å². The average molecular weight is 328 g/mol. The van der Waals surface area contributed by atoms with E-state index in [9.17, 15) is 4.39 Å². The van der Waals surface area contributed by atoms with E-state index in [4.69, 9.17) is 4.74 Å². The standard InChI is InChI=1S/C16H13FN4OS/c17-11-5-7-12(8-6-11)22-9-10-23-16-20-19-15-18-13-3-1-2-4-14(13)21(15)16/h1-8H,9-10H2,(H,18,19). The minimum Gasteiger partial charge on any atom is -0.493 e. The Hall–Kier alpha value is -2.54. The summed E-state index contributed by atoms with van der Waals surface area (Å²) < 4.78 is 20.4. The molecule has 7 heteroatoms.